The van der Waals surface area contributed by atoms with Crippen LogP contribution in [-0.2, 0) is 4.79 Å². The highest BCUT2D eigenvalue weighted by atomic mass is 16.2. The third kappa shape index (κ3) is 3.90. The molecule has 1 atom stereocenters. The summed E-state index contributed by atoms with van der Waals surface area (Å²) in [6.07, 6.45) is 5.04. The van der Waals surface area contributed by atoms with E-state index < -0.39 is 6.04 Å². The first-order chi connectivity index (χ1) is 8.04. The van der Waals surface area contributed by atoms with E-state index in [2.05, 4.69) is 15.6 Å². The third-order valence-corrected chi connectivity index (χ3v) is 2.31. The normalized spacial score (nSPS) is 12.2. The molecule has 17 heavy (non-hydrogen) atoms. The van der Waals surface area contributed by atoms with Gasteiger partial charge in [-0.25, -0.2) is 9.78 Å². The van der Waals surface area contributed by atoms with Crippen LogP contribution in [0.15, 0.2) is 18.7 Å². The molecule has 0 fully saturated rings. The minimum atomic E-state index is -0.519. The average Bonchev–Trinajstić information content (AvgIpc) is 2.79. The van der Waals surface area contributed by atoms with Crippen molar-refractivity contribution in [2.45, 2.75) is 26.3 Å². The van der Waals surface area contributed by atoms with Crippen LogP contribution in [0.3, 0.4) is 0 Å². The first kappa shape index (κ1) is 13.2. The van der Waals surface area contributed by atoms with Gasteiger partial charge in [0.2, 0.25) is 5.91 Å². The number of nitrogens with zero attached hydrogens (tertiary/aromatic N) is 2. The van der Waals surface area contributed by atoms with E-state index in [1.165, 1.54) is 23.3 Å². The molecule has 0 unspecified atom stereocenters. The molecule has 1 rings (SSSR count). The van der Waals surface area contributed by atoms with Gasteiger partial charge in [0.05, 0.1) is 0 Å². The van der Waals surface area contributed by atoms with Crippen molar-refractivity contribution in [3.63, 3.8) is 0 Å². The smallest absolute Gasteiger partial charge is 0.327 e. The minimum Gasteiger partial charge on any atom is -0.357 e. The highest BCUT2D eigenvalue weighted by Crippen LogP contribution is 2.05. The highest BCUT2D eigenvalue weighted by Gasteiger charge is 2.21. The zero-order valence-electron chi connectivity index (χ0n) is 10.3. The van der Waals surface area contributed by atoms with Gasteiger partial charge in [0, 0.05) is 19.4 Å². The number of rotatable bonds is 4. The third-order valence-electron chi connectivity index (χ3n) is 2.31. The van der Waals surface area contributed by atoms with E-state index in [0.29, 0.717) is 12.3 Å². The van der Waals surface area contributed by atoms with Crippen LogP contribution >= 0.6 is 0 Å². The number of imidazole rings is 1. The predicted octanol–water partition coefficient (Wildman–Crippen LogP) is 0.601. The Morgan fingerprint density at radius 3 is 2.59 bits per heavy atom. The Hall–Kier alpha value is -1.85. The van der Waals surface area contributed by atoms with Crippen molar-refractivity contribution >= 4 is 11.9 Å². The Balaban J connectivity index is 2.66. The molecule has 1 aromatic rings. The summed E-state index contributed by atoms with van der Waals surface area (Å²) in [5.74, 6) is 0.132. The van der Waals surface area contributed by atoms with E-state index in [4.69, 9.17) is 0 Å². The molecule has 94 valence electrons. The number of carbonyl (C=O) groups excluding carboxylic acids is 2. The lowest BCUT2D eigenvalue weighted by Crippen LogP contribution is -2.47. The first-order valence-corrected chi connectivity index (χ1v) is 5.55. The van der Waals surface area contributed by atoms with E-state index in [1.807, 2.05) is 13.8 Å². The van der Waals surface area contributed by atoms with Gasteiger partial charge in [-0.2, -0.15) is 0 Å². The Bertz CT molecular complexity index is 373. The first-order valence-electron chi connectivity index (χ1n) is 5.55. The Labute approximate surface area is 100 Å². The van der Waals surface area contributed by atoms with E-state index in [1.54, 1.807) is 7.05 Å². The van der Waals surface area contributed by atoms with Crippen LogP contribution in [0, 0.1) is 5.92 Å². The van der Waals surface area contributed by atoms with Crippen LogP contribution in [0.25, 0.3) is 0 Å². The number of aromatic nitrogens is 2. The van der Waals surface area contributed by atoms with Gasteiger partial charge in [-0.05, 0) is 12.3 Å². The molecule has 0 aliphatic carbocycles. The summed E-state index contributed by atoms with van der Waals surface area (Å²) in [6, 6.07) is -0.869. The second-order valence-corrected chi connectivity index (χ2v) is 4.22. The maximum absolute atomic E-state index is 11.7. The average molecular weight is 238 g/mol. The highest BCUT2D eigenvalue weighted by molar-refractivity contribution is 5.87. The molecular formula is C11H18N4O2. The minimum absolute atomic E-state index is 0.188. The molecule has 0 spiro atoms. The van der Waals surface area contributed by atoms with E-state index >= 15 is 0 Å². The predicted molar refractivity (Wildman–Crippen MR) is 63.5 cm³/mol. The van der Waals surface area contributed by atoms with E-state index in [-0.39, 0.29) is 11.9 Å². The van der Waals surface area contributed by atoms with Crippen molar-refractivity contribution in [3.8, 4) is 0 Å². The Morgan fingerprint density at radius 1 is 1.41 bits per heavy atom. The number of hydrogen-bond donors (Lipinski definition) is 2. The molecule has 0 aliphatic rings. The summed E-state index contributed by atoms with van der Waals surface area (Å²) < 4.78 is 1.30. The van der Waals surface area contributed by atoms with Crippen molar-refractivity contribution in [1.82, 2.24) is 20.2 Å². The zero-order valence-corrected chi connectivity index (χ0v) is 10.3. The molecule has 2 amide bonds. The quantitative estimate of drug-likeness (QED) is 0.806. The van der Waals surface area contributed by atoms with Gasteiger partial charge in [0.1, 0.15) is 12.4 Å². The maximum Gasteiger partial charge on any atom is 0.327 e. The molecule has 0 aliphatic heterocycles. The molecule has 6 heteroatoms. The van der Waals surface area contributed by atoms with Crippen LogP contribution in [0.2, 0.25) is 0 Å². The molecule has 2 N–H and O–H groups in total. The Morgan fingerprint density at radius 2 is 2.12 bits per heavy atom. The number of carbonyl (C=O) groups is 2. The fourth-order valence-corrected chi connectivity index (χ4v) is 1.48. The lowest BCUT2D eigenvalue weighted by atomic mass is 10.0. The van der Waals surface area contributed by atoms with Crippen LogP contribution in [0.4, 0.5) is 4.79 Å². The Kier molecular flexibility index (Phi) is 4.68. The van der Waals surface area contributed by atoms with Gasteiger partial charge in [-0.15, -0.1) is 0 Å². The standard InChI is InChI=1S/C11H18N4O2/c1-8(2)6-9(10(16)12-3)14-11(17)15-5-4-13-7-15/h4-5,7-9H,6H2,1-3H3,(H,12,16)(H,14,17)/t9-/m0/s1. The van der Waals surface area contributed by atoms with Gasteiger partial charge in [-0.3, -0.25) is 9.36 Å². The fourth-order valence-electron chi connectivity index (χ4n) is 1.48. The van der Waals surface area contributed by atoms with Crippen molar-refractivity contribution in [2.24, 2.45) is 5.92 Å². The molecule has 1 aromatic heterocycles. The van der Waals surface area contributed by atoms with E-state index in [0.717, 1.165) is 0 Å². The van der Waals surface area contributed by atoms with Crippen molar-refractivity contribution in [1.29, 1.82) is 0 Å². The summed E-state index contributed by atoms with van der Waals surface area (Å²) in [5.41, 5.74) is 0. The van der Waals surface area contributed by atoms with Crippen LogP contribution in [0.5, 0.6) is 0 Å². The van der Waals surface area contributed by atoms with Crippen LogP contribution in [-0.4, -0.2) is 34.6 Å². The topological polar surface area (TPSA) is 76.0 Å². The van der Waals surface area contributed by atoms with Crippen molar-refractivity contribution in [3.05, 3.63) is 18.7 Å². The molecule has 0 aromatic carbocycles. The largest absolute Gasteiger partial charge is 0.357 e. The molecule has 0 bridgehead atoms. The molecule has 0 saturated carbocycles. The SMILES string of the molecule is CNC(=O)[C@H](CC(C)C)NC(=O)n1ccnc1. The lowest BCUT2D eigenvalue weighted by Gasteiger charge is -2.18. The number of nitrogens with one attached hydrogen (secondary N) is 2. The lowest BCUT2D eigenvalue weighted by molar-refractivity contribution is -0.122. The van der Waals surface area contributed by atoms with Gasteiger partial charge < -0.3 is 10.6 Å². The summed E-state index contributed by atoms with van der Waals surface area (Å²) in [5, 5.41) is 5.22. The van der Waals surface area contributed by atoms with Gasteiger partial charge >= 0.3 is 6.03 Å². The van der Waals surface area contributed by atoms with Crippen molar-refractivity contribution in [2.75, 3.05) is 7.05 Å². The van der Waals surface area contributed by atoms with Gasteiger partial charge in [-0.1, -0.05) is 13.8 Å². The van der Waals surface area contributed by atoms with Gasteiger partial charge in [0.15, 0.2) is 0 Å². The number of hydrogen-bond acceptors (Lipinski definition) is 3. The molecule has 0 saturated heterocycles. The summed E-state index contributed by atoms with van der Waals surface area (Å²) in [6.45, 7) is 4.00. The molecular weight excluding hydrogens is 220 g/mol. The van der Waals surface area contributed by atoms with E-state index in [9.17, 15) is 9.59 Å². The van der Waals surface area contributed by atoms with Crippen LogP contribution in [0.1, 0.15) is 20.3 Å². The maximum atomic E-state index is 11.7. The fraction of sp³-hybridized carbons (Fsp3) is 0.545. The van der Waals surface area contributed by atoms with Crippen molar-refractivity contribution < 1.29 is 9.59 Å². The second kappa shape index (κ2) is 6.03. The summed E-state index contributed by atoms with van der Waals surface area (Å²) in [4.78, 5) is 27.1. The van der Waals surface area contributed by atoms with Crippen LogP contribution < -0.4 is 10.6 Å². The molecule has 1 heterocycles. The number of amides is 2. The number of likely N-dealkylation sites (N-methyl/N-ethyl adjacent to an activating group) is 1. The molecule has 0 radical (unpaired) electrons. The second-order valence-electron chi connectivity index (χ2n) is 4.22. The van der Waals surface area contributed by atoms with Gasteiger partial charge in [0.25, 0.3) is 0 Å². The summed E-state index contributed by atoms with van der Waals surface area (Å²) in [7, 11) is 1.55. The molecule has 6 nitrogen and oxygen atoms in total. The summed E-state index contributed by atoms with van der Waals surface area (Å²) >= 11 is 0. The monoisotopic (exact) mass is 238 g/mol. The zero-order chi connectivity index (χ0) is 12.8.